The third kappa shape index (κ3) is 3.67. The van der Waals surface area contributed by atoms with E-state index < -0.39 is 14.8 Å². The van der Waals surface area contributed by atoms with E-state index in [0.717, 1.165) is 23.3 Å². The van der Waals surface area contributed by atoms with Gasteiger partial charge in [0.25, 0.3) is 5.69 Å². The molecule has 1 aromatic heterocycles. The molecule has 136 valence electrons. The van der Waals surface area contributed by atoms with Crippen LogP contribution in [0.5, 0.6) is 0 Å². The number of aromatic amines is 1. The van der Waals surface area contributed by atoms with Crippen LogP contribution in [-0.4, -0.2) is 31.1 Å². The van der Waals surface area contributed by atoms with Crippen molar-refractivity contribution in [2.45, 2.75) is 11.3 Å². The fourth-order valence-electron chi connectivity index (χ4n) is 2.74. The molecule has 0 saturated carbocycles. The summed E-state index contributed by atoms with van der Waals surface area (Å²) in [4.78, 5) is 13.5. The van der Waals surface area contributed by atoms with Gasteiger partial charge in [0, 0.05) is 36.0 Å². The van der Waals surface area contributed by atoms with Crippen LogP contribution in [0, 0.1) is 15.9 Å². The first-order valence-corrected chi connectivity index (χ1v) is 9.63. The molecule has 7 nitrogen and oxygen atoms in total. The second kappa shape index (κ2) is 6.75. The molecule has 0 spiro atoms. The Kier molecular flexibility index (Phi) is 4.64. The number of benzene rings is 2. The van der Waals surface area contributed by atoms with Gasteiger partial charge in [0.1, 0.15) is 11.5 Å². The van der Waals surface area contributed by atoms with E-state index in [1.54, 1.807) is 12.3 Å². The molecule has 0 atom stereocenters. The van der Waals surface area contributed by atoms with Crippen molar-refractivity contribution in [1.29, 1.82) is 0 Å². The molecule has 0 amide bonds. The molecule has 26 heavy (non-hydrogen) atoms. The van der Waals surface area contributed by atoms with Gasteiger partial charge in [-0.25, -0.2) is 12.8 Å². The first-order chi connectivity index (χ1) is 12.3. The first kappa shape index (κ1) is 17.9. The van der Waals surface area contributed by atoms with E-state index in [1.807, 2.05) is 0 Å². The number of hydrogen-bond acceptors (Lipinski definition) is 5. The number of aromatic nitrogens is 1. The maximum absolute atomic E-state index is 13.2. The quantitative estimate of drug-likeness (QED) is 0.507. The molecule has 0 aliphatic carbocycles. The van der Waals surface area contributed by atoms with Crippen LogP contribution < -0.4 is 5.32 Å². The fourth-order valence-corrected chi connectivity index (χ4v) is 3.38. The molecule has 3 rings (SSSR count). The normalized spacial score (nSPS) is 11.6. The van der Waals surface area contributed by atoms with Gasteiger partial charge >= 0.3 is 0 Å². The van der Waals surface area contributed by atoms with Gasteiger partial charge in [0.05, 0.1) is 9.82 Å². The number of hydrogen-bond donors (Lipinski definition) is 2. The molecule has 0 bridgehead atoms. The lowest BCUT2D eigenvalue weighted by molar-refractivity contribution is -0.384. The standard InChI is InChI=1S/C17H16FN3O4S/c1-26(24,25)13-3-5-15(17(9-13)21(22)23)19-7-6-11-10-20-16-8-12(18)2-4-14(11)16/h2-5,8-10,19-20H,6-7H2,1H3. The Hall–Kier alpha value is -2.94. The molecular weight excluding hydrogens is 361 g/mol. The molecule has 0 saturated heterocycles. The van der Waals surface area contributed by atoms with Crippen molar-refractivity contribution in [2.75, 3.05) is 18.1 Å². The summed E-state index contributed by atoms with van der Waals surface area (Å²) < 4.78 is 36.3. The van der Waals surface area contributed by atoms with Crippen molar-refractivity contribution in [1.82, 2.24) is 4.98 Å². The summed E-state index contributed by atoms with van der Waals surface area (Å²) in [5, 5.41) is 15.1. The topological polar surface area (TPSA) is 105 Å². The summed E-state index contributed by atoms with van der Waals surface area (Å²) in [5.41, 5.74) is 1.58. The molecule has 3 aromatic rings. The molecule has 0 fully saturated rings. The Morgan fingerprint density at radius 1 is 1.23 bits per heavy atom. The molecule has 1 heterocycles. The molecular formula is C17H16FN3O4S. The van der Waals surface area contributed by atoms with Crippen LogP contribution in [0.2, 0.25) is 0 Å². The lowest BCUT2D eigenvalue weighted by Crippen LogP contribution is -2.08. The zero-order valence-electron chi connectivity index (χ0n) is 13.8. The summed E-state index contributed by atoms with van der Waals surface area (Å²) in [7, 11) is -3.53. The Morgan fingerprint density at radius 2 is 2.00 bits per heavy atom. The largest absolute Gasteiger partial charge is 0.379 e. The minimum atomic E-state index is -3.53. The summed E-state index contributed by atoms with van der Waals surface area (Å²) >= 11 is 0. The SMILES string of the molecule is CS(=O)(=O)c1ccc(NCCc2c[nH]c3cc(F)ccc23)c([N+](=O)[O-])c1. The van der Waals surface area contributed by atoms with E-state index in [9.17, 15) is 22.9 Å². The fraction of sp³-hybridized carbons (Fsp3) is 0.176. The minimum absolute atomic E-state index is 0.103. The second-order valence-corrected chi connectivity index (χ2v) is 7.90. The second-order valence-electron chi connectivity index (χ2n) is 5.89. The highest BCUT2D eigenvalue weighted by Crippen LogP contribution is 2.28. The summed E-state index contributed by atoms with van der Waals surface area (Å²) in [5.74, 6) is -0.328. The number of fused-ring (bicyclic) bond motifs is 1. The van der Waals surface area contributed by atoms with Crippen LogP contribution in [0.15, 0.2) is 47.5 Å². The van der Waals surface area contributed by atoms with Crippen molar-refractivity contribution >= 4 is 32.1 Å². The summed E-state index contributed by atoms with van der Waals surface area (Å²) in [6.45, 7) is 0.392. The lowest BCUT2D eigenvalue weighted by Gasteiger charge is -2.08. The van der Waals surface area contributed by atoms with Crippen molar-refractivity contribution in [3.8, 4) is 0 Å². The molecule has 2 aromatic carbocycles. The van der Waals surface area contributed by atoms with Crippen LogP contribution in [0.25, 0.3) is 10.9 Å². The minimum Gasteiger partial charge on any atom is -0.379 e. The van der Waals surface area contributed by atoms with Crippen molar-refractivity contribution in [2.24, 2.45) is 0 Å². The highest BCUT2D eigenvalue weighted by atomic mass is 32.2. The van der Waals surface area contributed by atoms with E-state index in [1.165, 1.54) is 24.3 Å². The number of rotatable bonds is 6. The number of nitro benzene ring substituents is 1. The van der Waals surface area contributed by atoms with Crippen LogP contribution in [0.4, 0.5) is 15.8 Å². The van der Waals surface area contributed by atoms with E-state index in [0.29, 0.717) is 18.5 Å². The van der Waals surface area contributed by atoms with E-state index >= 15 is 0 Å². The van der Waals surface area contributed by atoms with Gasteiger partial charge in [0.15, 0.2) is 9.84 Å². The number of sulfone groups is 1. The predicted molar refractivity (Wildman–Crippen MR) is 96.7 cm³/mol. The zero-order chi connectivity index (χ0) is 18.9. The van der Waals surface area contributed by atoms with Gasteiger partial charge in [-0.05, 0) is 42.3 Å². The third-order valence-corrected chi connectivity index (χ3v) is 5.14. The molecule has 9 heteroatoms. The van der Waals surface area contributed by atoms with Gasteiger partial charge in [-0.1, -0.05) is 0 Å². The molecule has 0 aliphatic rings. The summed E-state index contributed by atoms with van der Waals surface area (Å²) in [6, 6.07) is 8.23. The van der Waals surface area contributed by atoms with Crippen LogP contribution in [-0.2, 0) is 16.3 Å². The number of nitrogens with one attached hydrogen (secondary N) is 2. The van der Waals surface area contributed by atoms with Gasteiger partial charge in [-0.15, -0.1) is 0 Å². The Labute approximate surface area is 148 Å². The Bertz CT molecular complexity index is 1090. The highest BCUT2D eigenvalue weighted by Gasteiger charge is 2.18. The maximum atomic E-state index is 13.2. The smallest absolute Gasteiger partial charge is 0.293 e. The average molecular weight is 377 g/mol. The number of anilines is 1. The van der Waals surface area contributed by atoms with Gasteiger partial charge < -0.3 is 10.3 Å². The monoisotopic (exact) mass is 377 g/mol. The number of nitrogens with zero attached hydrogens (tertiary/aromatic N) is 1. The van der Waals surface area contributed by atoms with E-state index in [4.69, 9.17) is 0 Å². The number of halogens is 1. The van der Waals surface area contributed by atoms with Crippen LogP contribution >= 0.6 is 0 Å². The molecule has 0 aliphatic heterocycles. The highest BCUT2D eigenvalue weighted by molar-refractivity contribution is 7.90. The summed E-state index contributed by atoms with van der Waals surface area (Å²) in [6.07, 6.45) is 3.32. The lowest BCUT2D eigenvalue weighted by atomic mass is 10.1. The molecule has 0 unspecified atom stereocenters. The zero-order valence-corrected chi connectivity index (χ0v) is 14.6. The third-order valence-electron chi connectivity index (χ3n) is 4.03. The van der Waals surface area contributed by atoms with Crippen molar-refractivity contribution in [3.63, 3.8) is 0 Å². The van der Waals surface area contributed by atoms with Gasteiger partial charge in [-0.2, -0.15) is 0 Å². The van der Waals surface area contributed by atoms with E-state index in [2.05, 4.69) is 10.3 Å². The molecule has 2 N–H and O–H groups in total. The van der Waals surface area contributed by atoms with E-state index in [-0.39, 0.29) is 22.1 Å². The van der Waals surface area contributed by atoms with Crippen molar-refractivity contribution in [3.05, 3.63) is 64.1 Å². The maximum Gasteiger partial charge on any atom is 0.293 e. The number of nitro groups is 1. The Morgan fingerprint density at radius 3 is 2.69 bits per heavy atom. The van der Waals surface area contributed by atoms with Gasteiger partial charge in [0.2, 0.25) is 0 Å². The van der Waals surface area contributed by atoms with Crippen molar-refractivity contribution < 1.29 is 17.7 Å². The van der Waals surface area contributed by atoms with Crippen LogP contribution in [0.1, 0.15) is 5.56 Å². The first-order valence-electron chi connectivity index (χ1n) is 7.73. The average Bonchev–Trinajstić information content (AvgIpc) is 2.96. The Balaban J connectivity index is 1.77. The van der Waals surface area contributed by atoms with Gasteiger partial charge in [-0.3, -0.25) is 10.1 Å². The predicted octanol–water partition coefficient (Wildman–Crippen LogP) is 3.27. The van der Waals surface area contributed by atoms with Crippen LogP contribution in [0.3, 0.4) is 0 Å². The molecule has 0 radical (unpaired) electrons. The number of H-pyrrole nitrogens is 1.